The lowest BCUT2D eigenvalue weighted by Crippen LogP contribution is -2.41. The lowest BCUT2D eigenvalue weighted by atomic mass is 10.1. The second-order valence-corrected chi connectivity index (χ2v) is 5.19. The Morgan fingerprint density at radius 3 is 2.62 bits per heavy atom. The molecule has 0 aliphatic rings. The summed E-state index contributed by atoms with van der Waals surface area (Å²) in [5.41, 5.74) is 0.847. The molecule has 3 rings (SSSR count). The number of carbonyl (C=O) groups excluding carboxylic acids is 2. The molecule has 6 heteroatoms. The van der Waals surface area contributed by atoms with Crippen LogP contribution in [0, 0.1) is 0 Å². The van der Waals surface area contributed by atoms with Gasteiger partial charge in [-0.1, -0.05) is 36.4 Å². The maximum absolute atomic E-state index is 11.9. The fraction of sp³-hybridized carbons (Fsp3) is 0.111. The minimum Gasteiger partial charge on any atom is -0.467 e. The third-order valence-corrected chi connectivity index (χ3v) is 3.49. The molecular weight excluding hydrogens is 306 g/mol. The van der Waals surface area contributed by atoms with Crippen LogP contribution in [0.1, 0.15) is 5.76 Å². The molecule has 122 valence electrons. The van der Waals surface area contributed by atoms with Crippen molar-refractivity contribution in [2.24, 2.45) is 0 Å². The van der Waals surface area contributed by atoms with Crippen LogP contribution in [0.2, 0.25) is 0 Å². The van der Waals surface area contributed by atoms with Gasteiger partial charge < -0.3 is 15.1 Å². The van der Waals surface area contributed by atoms with E-state index in [9.17, 15) is 9.59 Å². The molecule has 3 amide bonds. The minimum atomic E-state index is -0.559. The van der Waals surface area contributed by atoms with E-state index in [0.717, 1.165) is 16.5 Å². The molecule has 0 saturated heterocycles. The summed E-state index contributed by atoms with van der Waals surface area (Å²) in [6, 6.07) is 16.6. The standard InChI is InChI=1S/C18H17N3O3/c22-17(21-18(23)20-11-14-7-4-10-24-14)12-19-16-9-3-6-13-5-1-2-8-15(13)16/h1-10,19H,11-12H2,(H2,20,21,22,23). The molecule has 0 atom stereocenters. The van der Waals surface area contributed by atoms with Gasteiger partial charge in [-0.25, -0.2) is 4.79 Å². The summed E-state index contributed by atoms with van der Waals surface area (Å²) in [6.07, 6.45) is 1.52. The Morgan fingerprint density at radius 2 is 1.79 bits per heavy atom. The summed E-state index contributed by atoms with van der Waals surface area (Å²) in [5.74, 6) is 0.200. The minimum absolute atomic E-state index is 0.00216. The van der Waals surface area contributed by atoms with Gasteiger partial charge in [0.2, 0.25) is 5.91 Å². The van der Waals surface area contributed by atoms with Crippen LogP contribution in [0.15, 0.2) is 65.3 Å². The third-order valence-electron chi connectivity index (χ3n) is 3.49. The molecule has 0 bridgehead atoms. The molecule has 1 aromatic heterocycles. The average Bonchev–Trinajstić information content (AvgIpc) is 3.11. The number of carbonyl (C=O) groups is 2. The van der Waals surface area contributed by atoms with E-state index in [-0.39, 0.29) is 13.1 Å². The lowest BCUT2D eigenvalue weighted by molar-refractivity contribution is -0.118. The molecule has 0 spiro atoms. The Labute approximate surface area is 138 Å². The first-order valence-corrected chi connectivity index (χ1v) is 7.54. The molecule has 0 saturated carbocycles. The summed E-state index contributed by atoms with van der Waals surface area (Å²) in [4.78, 5) is 23.5. The maximum atomic E-state index is 11.9. The first-order valence-electron chi connectivity index (χ1n) is 7.54. The Kier molecular flexibility index (Phi) is 4.76. The van der Waals surface area contributed by atoms with Gasteiger partial charge in [0.05, 0.1) is 19.4 Å². The number of amides is 3. The van der Waals surface area contributed by atoms with E-state index in [1.54, 1.807) is 12.1 Å². The van der Waals surface area contributed by atoms with Crippen LogP contribution in [-0.2, 0) is 11.3 Å². The van der Waals surface area contributed by atoms with E-state index in [1.807, 2.05) is 42.5 Å². The van der Waals surface area contributed by atoms with Crippen molar-refractivity contribution in [3.8, 4) is 0 Å². The smallest absolute Gasteiger partial charge is 0.321 e. The Bertz CT molecular complexity index is 838. The third kappa shape index (κ3) is 3.92. The van der Waals surface area contributed by atoms with Crippen molar-refractivity contribution in [3.05, 3.63) is 66.6 Å². The van der Waals surface area contributed by atoms with Crippen LogP contribution in [0.4, 0.5) is 10.5 Å². The van der Waals surface area contributed by atoms with E-state index in [2.05, 4.69) is 16.0 Å². The van der Waals surface area contributed by atoms with Crippen molar-refractivity contribution in [3.63, 3.8) is 0 Å². The van der Waals surface area contributed by atoms with E-state index >= 15 is 0 Å². The molecule has 1 heterocycles. The number of hydrogen-bond donors (Lipinski definition) is 3. The zero-order chi connectivity index (χ0) is 16.8. The zero-order valence-electron chi connectivity index (χ0n) is 12.9. The fourth-order valence-corrected chi connectivity index (χ4v) is 2.35. The normalized spacial score (nSPS) is 10.3. The fourth-order valence-electron chi connectivity index (χ4n) is 2.35. The van der Waals surface area contributed by atoms with Gasteiger partial charge in [-0.15, -0.1) is 0 Å². The number of urea groups is 1. The molecule has 3 aromatic rings. The van der Waals surface area contributed by atoms with Crippen molar-refractivity contribution in [2.45, 2.75) is 6.54 Å². The SMILES string of the molecule is O=C(CNc1cccc2ccccc12)NC(=O)NCc1ccco1. The van der Waals surface area contributed by atoms with Crippen LogP contribution < -0.4 is 16.0 Å². The topological polar surface area (TPSA) is 83.4 Å². The number of furan rings is 1. The molecule has 3 N–H and O–H groups in total. The molecule has 0 radical (unpaired) electrons. The molecule has 0 aliphatic carbocycles. The summed E-state index contributed by atoms with van der Waals surface area (Å²) < 4.78 is 5.10. The summed E-state index contributed by atoms with van der Waals surface area (Å²) in [6.45, 7) is 0.227. The van der Waals surface area contributed by atoms with Gasteiger partial charge in [0.1, 0.15) is 5.76 Å². The van der Waals surface area contributed by atoms with Crippen LogP contribution in [-0.4, -0.2) is 18.5 Å². The van der Waals surface area contributed by atoms with E-state index in [0.29, 0.717) is 5.76 Å². The second-order valence-electron chi connectivity index (χ2n) is 5.19. The second kappa shape index (κ2) is 7.32. The van der Waals surface area contributed by atoms with Crippen LogP contribution in [0.3, 0.4) is 0 Å². The predicted molar refractivity (Wildman–Crippen MR) is 91.5 cm³/mol. The van der Waals surface area contributed by atoms with E-state index < -0.39 is 11.9 Å². The van der Waals surface area contributed by atoms with Gasteiger partial charge in [-0.2, -0.15) is 0 Å². The maximum Gasteiger partial charge on any atom is 0.321 e. The van der Waals surface area contributed by atoms with Gasteiger partial charge in [0.25, 0.3) is 0 Å². The van der Waals surface area contributed by atoms with Crippen LogP contribution in [0.25, 0.3) is 10.8 Å². The van der Waals surface area contributed by atoms with Crippen molar-refractivity contribution in [2.75, 3.05) is 11.9 Å². The number of rotatable bonds is 5. The quantitative estimate of drug-likeness (QED) is 0.674. The summed E-state index contributed by atoms with van der Waals surface area (Å²) in [5, 5.41) is 9.98. The Balaban J connectivity index is 1.50. The van der Waals surface area contributed by atoms with Gasteiger partial charge >= 0.3 is 6.03 Å². The monoisotopic (exact) mass is 323 g/mol. The average molecular weight is 323 g/mol. The zero-order valence-corrected chi connectivity index (χ0v) is 12.9. The van der Waals surface area contributed by atoms with Crippen LogP contribution >= 0.6 is 0 Å². The molecule has 0 fully saturated rings. The molecular formula is C18H17N3O3. The number of fused-ring (bicyclic) bond motifs is 1. The first kappa shape index (κ1) is 15.6. The summed E-state index contributed by atoms with van der Waals surface area (Å²) >= 11 is 0. The van der Waals surface area contributed by atoms with Gasteiger partial charge in [0, 0.05) is 11.1 Å². The van der Waals surface area contributed by atoms with E-state index in [1.165, 1.54) is 6.26 Å². The summed E-state index contributed by atoms with van der Waals surface area (Å²) in [7, 11) is 0. The lowest BCUT2D eigenvalue weighted by Gasteiger charge is -2.10. The van der Waals surface area contributed by atoms with Crippen molar-refractivity contribution in [1.29, 1.82) is 0 Å². The Morgan fingerprint density at radius 1 is 0.958 bits per heavy atom. The number of hydrogen-bond acceptors (Lipinski definition) is 4. The molecule has 0 unspecified atom stereocenters. The largest absolute Gasteiger partial charge is 0.467 e. The van der Waals surface area contributed by atoms with Crippen molar-refractivity contribution < 1.29 is 14.0 Å². The molecule has 0 aliphatic heterocycles. The number of anilines is 1. The molecule has 24 heavy (non-hydrogen) atoms. The number of imide groups is 1. The number of benzene rings is 2. The highest BCUT2D eigenvalue weighted by atomic mass is 16.3. The van der Waals surface area contributed by atoms with Crippen LogP contribution in [0.5, 0.6) is 0 Å². The molecule has 6 nitrogen and oxygen atoms in total. The highest BCUT2D eigenvalue weighted by Gasteiger charge is 2.08. The predicted octanol–water partition coefficient (Wildman–Crippen LogP) is 2.87. The van der Waals surface area contributed by atoms with Gasteiger partial charge in [0.15, 0.2) is 0 Å². The van der Waals surface area contributed by atoms with Gasteiger partial charge in [-0.05, 0) is 23.6 Å². The van der Waals surface area contributed by atoms with Crippen molar-refractivity contribution in [1.82, 2.24) is 10.6 Å². The number of nitrogens with one attached hydrogen (secondary N) is 3. The van der Waals surface area contributed by atoms with E-state index in [4.69, 9.17) is 4.42 Å². The highest BCUT2D eigenvalue weighted by Crippen LogP contribution is 2.22. The first-order chi connectivity index (χ1) is 11.7. The Hall–Kier alpha value is -3.28. The van der Waals surface area contributed by atoms with Gasteiger partial charge in [-0.3, -0.25) is 10.1 Å². The molecule has 2 aromatic carbocycles. The van der Waals surface area contributed by atoms with Crippen molar-refractivity contribution >= 4 is 28.4 Å². The highest BCUT2D eigenvalue weighted by molar-refractivity contribution is 5.98.